The van der Waals surface area contributed by atoms with Crippen LogP contribution in [0.25, 0.3) is 0 Å². The number of nitrogens with one attached hydrogen (secondary N) is 1. The minimum absolute atomic E-state index is 0.118. The fourth-order valence-corrected chi connectivity index (χ4v) is 1.09. The molecule has 14 heavy (non-hydrogen) atoms. The first-order chi connectivity index (χ1) is 6.43. The molecule has 0 atom stereocenters. The van der Waals surface area contributed by atoms with Crippen LogP contribution in [0.15, 0.2) is 10.9 Å². The predicted molar refractivity (Wildman–Crippen MR) is 43.7 cm³/mol. The van der Waals surface area contributed by atoms with Gasteiger partial charge in [-0.05, 0) is 12.5 Å². The molecule has 0 aliphatic heterocycles. The maximum atomic E-state index is 12.3. The Morgan fingerprint density at radius 3 is 2.57 bits per heavy atom. The van der Waals surface area contributed by atoms with Crippen molar-refractivity contribution >= 4 is 5.97 Å². The van der Waals surface area contributed by atoms with Gasteiger partial charge in [0.15, 0.2) is 0 Å². The van der Waals surface area contributed by atoms with E-state index in [4.69, 9.17) is 5.11 Å². The lowest BCUT2D eigenvalue weighted by molar-refractivity contribution is 0.0688. The zero-order valence-corrected chi connectivity index (χ0v) is 7.17. The van der Waals surface area contributed by atoms with E-state index in [9.17, 15) is 18.4 Å². The Morgan fingerprint density at radius 2 is 2.14 bits per heavy atom. The molecular weight excluding hydrogens is 196 g/mol. The number of rotatable bonds is 2. The Bertz CT molecular complexity index is 425. The van der Waals surface area contributed by atoms with Gasteiger partial charge in [0.2, 0.25) is 5.56 Å². The second kappa shape index (κ2) is 3.57. The lowest BCUT2D eigenvalue weighted by Crippen LogP contribution is -2.16. The summed E-state index contributed by atoms with van der Waals surface area (Å²) in [4.78, 5) is 23.3. The highest BCUT2D eigenvalue weighted by atomic mass is 19.3. The molecule has 0 aliphatic rings. The van der Waals surface area contributed by atoms with Crippen molar-refractivity contribution in [2.45, 2.75) is 13.3 Å². The molecule has 1 aromatic rings. The third-order valence-corrected chi connectivity index (χ3v) is 1.79. The van der Waals surface area contributed by atoms with Crippen molar-refractivity contribution in [1.29, 1.82) is 0 Å². The van der Waals surface area contributed by atoms with E-state index in [0.717, 1.165) is 0 Å². The summed E-state index contributed by atoms with van der Waals surface area (Å²) in [6.07, 6.45) is -2.85. The van der Waals surface area contributed by atoms with Crippen LogP contribution in [0.2, 0.25) is 0 Å². The Labute approximate surface area is 77.2 Å². The average Bonchev–Trinajstić information content (AvgIpc) is 2.07. The van der Waals surface area contributed by atoms with E-state index < -0.39 is 29.2 Å². The summed E-state index contributed by atoms with van der Waals surface area (Å²) in [5.41, 5.74) is -2.01. The first kappa shape index (κ1) is 10.4. The maximum Gasteiger partial charge on any atom is 0.352 e. The zero-order valence-electron chi connectivity index (χ0n) is 7.17. The number of aromatic nitrogens is 1. The molecule has 0 fully saturated rings. The van der Waals surface area contributed by atoms with E-state index in [1.54, 1.807) is 0 Å². The third kappa shape index (κ3) is 1.78. The monoisotopic (exact) mass is 203 g/mol. The molecule has 4 nitrogen and oxygen atoms in total. The van der Waals surface area contributed by atoms with Crippen LogP contribution >= 0.6 is 0 Å². The molecule has 0 saturated carbocycles. The summed E-state index contributed by atoms with van der Waals surface area (Å²) >= 11 is 0. The second-order valence-electron chi connectivity index (χ2n) is 2.69. The van der Waals surface area contributed by atoms with E-state index >= 15 is 0 Å². The van der Waals surface area contributed by atoms with E-state index in [2.05, 4.69) is 0 Å². The van der Waals surface area contributed by atoms with Crippen molar-refractivity contribution in [3.8, 4) is 0 Å². The van der Waals surface area contributed by atoms with Crippen LogP contribution in [0.5, 0.6) is 0 Å². The van der Waals surface area contributed by atoms with Gasteiger partial charge in [0.05, 0.1) is 0 Å². The minimum atomic E-state index is -2.85. The summed E-state index contributed by atoms with van der Waals surface area (Å²) in [7, 11) is 0. The number of carboxylic acids is 1. The molecule has 1 rings (SSSR count). The molecule has 2 N–H and O–H groups in total. The van der Waals surface area contributed by atoms with Crippen molar-refractivity contribution in [3.05, 3.63) is 33.2 Å². The van der Waals surface area contributed by atoms with Crippen molar-refractivity contribution < 1.29 is 18.7 Å². The number of hydrogen-bond donors (Lipinski definition) is 2. The first-order valence-electron chi connectivity index (χ1n) is 3.68. The molecule has 1 aromatic heterocycles. The number of aromatic carboxylic acids is 1. The number of alkyl halides is 2. The molecule has 0 saturated heterocycles. The Kier molecular flexibility index (Phi) is 2.64. The number of hydrogen-bond acceptors (Lipinski definition) is 2. The molecule has 0 bridgehead atoms. The number of aromatic amines is 1. The number of H-pyrrole nitrogens is 1. The van der Waals surface area contributed by atoms with Gasteiger partial charge < -0.3 is 10.1 Å². The highest BCUT2D eigenvalue weighted by Gasteiger charge is 2.18. The number of carboxylic acid groups (broad SMARTS) is 1. The maximum absolute atomic E-state index is 12.3. The van der Waals surface area contributed by atoms with E-state index in [-0.39, 0.29) is 5.56 Å². The van der Waals surface area contributed by atoms with Gasteiger partial charge in [-0.3, -0.25) is 4.79 Å². The normalized spacial score (nSPS) is 10.6. The summed E-state index contributed by atoms with van der Waals surface area (Å²) in [6, 6.07) is 0.701. The Balaban J connectivity index is 3.48. The van der Waals surface area contributed by atoms with Gasteiger partial charge in [0, 0.05) is 11.6 Å². The van der Waals surface area contributed by atoms with Gasteiger partial charge in [-0.1, -0.05) is 0 Å². The van der Waals surface area contributed by atoms with Crippen LogP contribution in [0, 0.1) is 6.92 Å². The van der Waals surface area contributed by atoms with Gasteiger partial charge in [-0.25, -0.2) is 13.6 Å². The van der Waals surface area contributed by atoms with E-state index in [1.807, 2.05) is 4.98 Å². The molecule has 1 heterocycles. The topological polar surface area (TPSA) is 70.2 Å². The fraction of sp³-hybridized carbons (Fsp3) is 0.250. The number of halogens is 2. The van der Waals surface area contributed by atoms with Crippen LogP contribution in [0.1, 0.15) is 28.0 Å². The van der Waals surface area contributed by atoms with Gasteiger partial charge in [-0.15, -0.1) is 0 Å². The summed E-state index contributed by atoms with van der Waals surface area (Å²) in [6.45, 7) is 1.22. The van der Waals surface area contributed by atoms with E-state index in [1.165, 1.54) is 6.92 Å². The lowest BCUT2D eigenvalue weighted by Gasteiger charge is -2.06. The van der Waals surface area contributed by atoms with Gasteiger partial charge in [0.25, 0.3) is 6.43 Å². The van der Waals surface area contributed by atoms with Crippen LogP contribution in [-0.4, -0.2) is 16.1 Å². The quantitative estimate of drug-likeness (QED) is 0.761. The van der Waals surface area contributed by atoms with Crippen molar-refractivity contribution in [2.75, 3.05) is 0 Å². The average molecular weight is 203 g/mol. The van der Waals surface area contributed by atoms with Crippen molar-refractivity contribution in [1.82, 2.24) is 4.98 Å². The third-order valence-electron chi connectivity index (χ3n) is 1.79. The van der Waals surface area contributed by atoms with Crippen molar-refractivity contribution in [2.24, 2.45) is 0 Å². The summed E-state index contributed by atoms with van der Waals surface area (Å²) in [5, 5.41) is 8.58. The second-order valence-corrected chi connectivity index (χ2v) is 2.69. The molecule has 76 valence electrons. The minimum Gasteiger partial charge on any atom is -0.477 e. The standard InChI is InChI=1S/C8H7F2NO3/c1-3-4(7(9)10)2-5(12)11-6(3)8(13)14/h2,7H,1H3,(H,11,12)(H,13,14). The molecular formula is C8H7F2NO3. The fourth-order valence-electron chi connectivity index (χ4n) is 1.09. The molecule has 0 amide bonds. The largest absolute Gasteiger partial charge is 0.477 e. The molecule has 0 unspecified atom stereocenters. The first-order valence-corrected chi connectivity index (χ1v) is 3.68. The molecule has 0 radical (unpaired) electrons. The summed E-state index contributed by atoms with van der Waals surface area (Å²) < 4.78 is 24.6. The molecule has 0 aliphatic carbocycles. The SMILES string of the molecule is Cc1c(C(F)F)cc(=O)[nH]c1C(=O)O. The van der Waals surface area contributed by atoms with Crippen LogP contribution in [0.3, 0.4) is 0 Å². The molecule has 0 aromatic carbocycles. The lowest BCUT2D eigenvalue weighted by atomic mass is 10.1. The highest BCUT2D eigenvalue weighted by molar-refractivity contribution is 5.87. The van der Waals surface area contributed by atoms with Crippen LogP contribution < -0.4 is 5.56 Å². The smallest absolute Gasteiger partial charge is 0.352 e. The Hall–Kier alpha value is -1.72. The molecule has 6 heteroatoms. The number of pyridine rings is 1. The van der Waals surface area contributed by atoms with Gasteiger partial charge in [-0.2, -0.15) is 0 Å². The van der Waals surface area contributed by atoms with Gasteiger partial charge in [0.1, 0.15) is 5.69 Å². The predicted octanol–water partition coefficient (Wildman–Crippen LogP) is 1.32. The highest BCUT2D eigenvalue weighted by Crippen LogP contribution is 2.22. The Morgan fingerprint density at radius 1 is 1.57 bits per heavy atom. The molecule has 0 spiro atoms. The zero-order chi connectivity index (χ0) is 10.9. The van der Waals surface area contributed by atoms with Crippen LogP contribution in [-0.2, 0) is 0 Å². The van der Waals surface area contributed by atoms with Crippen LogP contribution in [0.4, 0.5) is 8.78 Å². The van der Waals surface area contributed by atoms with Gasteiger partial charge >= 0.3 is 5.97 Å². The number of carbonyl (C=O) groups is 1. The van der Waals surface area contributed by atoms with Crippen molar-refractivity contribution in [3.63, 3.8) is 0 Å². The summed E-state index contributed by atoms with van der Waals surface area (Å²) in [5.74, 6) is -1.43. The van der Waals surface area contributed by atoms with E-state index in [0.29, 0.717) is 6.07 Å².